The third kappa shape index (κ3) is 3.38. The first-order valence-electron chi connectivity index (χ1n) is 5.60. The SMILES string of the molecule is C=CC[C@H](C)Oc1cc(C)ccc1C(C)O. The van der Waals surface area contributed by atoms with E-state index in [1.165, 1.54) is 0 Å². The molecule has 0 bridgehead atoms. The summed E-state index contributed by atoms with van der Waals surface area (Å²) in [4.78, 5) is 0. The number of hydrogen-bond acceptors (Lipinski definition) is 2. The molecule has 0 aliphatic rings. The van der Waals surface area contributed by atoms with Gasteiger partial charge in [0.1, 0.15) is 5.75 Å². The first-order chi connectivity index (χ1) is 7.54. The lowest BCUT2D eigenvalue weighted by Crippen LogP contribution is -2.12. The third-order valence-electron chi connectivity index (χ3n) is 2.45. The van der Waals surface area contributed by atoms with Gasteiger partial charge in [-0.2, -0.15) is 0 Å². The second-order valence-electron chi connectivity index (χ2n) is 4.17. The topological polar surface area (TPSA) is 29.5 Å². The van der Waals surface area contributed by atoms with Crippen LogP contribution >= 0.6 is 0 Å². The zero-order valence-corrected chi connectivity index (χ0v) is 10.2. The van der Waals surface area contributed by atoms with Crippen LogP contribution in [0.3, 0.4) is 0 Å². The minimum absolute atomic E-state index is 0.0804. The van der Waals surface area contributed by atoms with Crippen LogP contribution in [0.4, 0.5) is 0 Å². The zero-order chi connectivity index (χ0) is 12.1. The highest BCUT2D eigenvalue weighted by atomic mass is 16.5. The average molecular weight is 220 g/mol. The summed E-state index contributed by atoms with van der Waals surface area (Å²) >= 11 is 0. The fraction of sp³-hybridized carbons (Fsp3) is 0.429. The summed E-state index contributed by atoms with van der Waals surface area (Å²) in [5.41, 5.74) is 1.96. The highest BCUT2D eigenvalue weighted by Crippen LogP contribution is 2.27. The van der Waals surface area contributed by atoms with Crippen LogP contribution in [-0.4, -0.2) is 11.2 Å². The molecular weight excluding hydrogens is 200 g/mol. The van der Waals surface area contributed by atoms with Gasteiger partial charge in [-0.05, 0) is 32.4 Å². The van der Waals surface area contributed by atoms with E-state index < -0.39 is 6.10 Å². The van der Waals surface area contributed by atoms with Crippen LogP contribution in [0.25, 0.3) is 0 Å². The van der Waals surface area contributed by atoms with E-state index in [0.29, 0.717) is 0 Å². The fourth-order valence-corrected chi connectivity index (χ4v) is 1.59. The minimum atomic E-state index is -0.508. The predicted molar refractivity (Wildman–Crippen MR) is 66.7 cm³/mol. The van der Waals surface area contributed by atoms with Gasteiger partial charge in [0.05, 0.1) is 12.2 Å². The monoisotopic (exact) mass is 220 g/mol. The summed E-state index contributed by atoms with van der Waals surface area (Å²) in [6.07, 6.45) is 2.21. The standard InChI is InChI=1S/C14H20O2/c1-5-6-11(3)16-14-9-10(2)7-8-13(14)12(4)15/h5,7-9,11-12,15H,1,6H2,2-4H3/t11-,12?/m0/s1. The molecule has 0 aliphatic carbocycles. The van der Waals surface area contributed by atoms with Gasteiger partial charge in [-0.25, -0.2) is 0 Å². The molecule has 0 heterocycles. The van der Waals surface area contributed by atoms with E-state index in [9.17, 15) is 5.11 Å². The van der Waals surface area contributed by atoms with Gasteiger partial charge in [0, 0.05) is 12.0 Å². The van der Waals surface area contributed by atoms with E-state index in [0.717, 1.165) is 23.3 Å². The molecule has 0 saturated carbocycles. The highest BCUT2D eigenvalue weighted by Gasteiger charge is 2.11. The van der Waals surface area contributed by atoms with Gasteiger partial charge in [-0.1, -0.05) is 18.2 Å². The molecular formula is C14H20O2. The van der Waals surface area contributed by atoms with Gasteiger partial charge < -0.3 is 9.84 Å². The lowest BCUT2D eigenvalue weighted by Gasteiger charge is -2.18. The Hall–Kier alpha value is -1.28. The van der Waals surface area contributed by atoms with Gasteiger partial charge in [0.15, 0.2) is 0 Å². The maximum Gasteiger partial charge on any atom is 0.125 e. The van der Waals surface area contributed by atoms with E-state index >= 15 is 0 Å². The summed E-state index contributed by atoms with van der Waals surface area (Å²) in [5.74, 6) is 0.768. The quantitative estimate of drug-likeness (QED) is 0.771. The predicted octanol–water partition coefficient (Wildman–Crippen LogP) is 3.39. The van der Waals surface area contributed by atoms with Crippen molar-refractivity contribution in [1.82, 2.24) is 0 Å². The van der Waals surface area contributed by atoms with Crippen LogP contribution in [0.15, 0.2) is 30.9 Å². The molecule has 0 saturated heterocycles. The molecule has 88 valence electrons. The van der Waals surface area contributed by atoms with Crippen LogP contribution < -0.4 is 4.74 Å². The maximum atomic E-state index is 9.64. The van der Waals surface area contributed by atoms with Gasteiger partial charge in [0.2, 0.25) is 0 Å². The molecule has 1 rings (SSSR count). The van der Waals surface area contributed by atoms with Gasteiger partial charge in [0.25, 0.3) is 0 Å². The largest absolute Gasteiger partial charge is 0.490 e. The van der Waals surface area contributed by atoms with Crippen LogP contribution in [0.5, 0.6) is 5.75 Å². The molecule has 2 atom stereocenters. The van der Waals surface area contributed by atoms with Crippen molar-refractivity contribution in [1.29, 1.82) is 0 Å². The van der Waals surface area contributed by atoms with Crippen molar-refractivity contribution in [2.75, 3.05) is 0 Å². The Morgan fingerprint density at radius 3 is 2.69 bits per heavy atom. The maximum absolute atomic E-state index is 9.64. The summed E-state index contributed by atoms with van der Waals surface area (Å²) in [6.45, 7) is 9.44. The van der Waals surface area contributed by atoms with Crippen LogP contribution in [-0.2, 0) is 0 Å². The average Bonchev–Trinajstić information content (AvgIpc) is 2.17. The van der Waals surface area contributed by atoms with E-state index in [-0.39, 0.29) is 6.10 Å². The molecule has 1 aromatic rings. The molecule has 16 heavy (non-hydrogen) atoms. The summed E-state index contributed by atoms with van der Waals surface area (Å²) in [5, 5.41) is 9.64. The van der Waals surface area contributed by atoms with E-state index in [1.807, 2.05) is 38.1 Å². The lowest BCUT2D eigenvalue weighted by atomic mass is 10.1. The third-order valence-corrected chi connectivity index (χ3v) is 2.45. The van der Waals surface area contributed by atoms with Crippen molar-refractivity contribution in [3.63, 3.8) is 0 Å². The van der Waals surface area contributed by atoms with Gasteiger partial charge >= 0.3 is 0 Å². The van der Waals surface area contributed by atoms with Crippen molar-refractivity contribution in [3.8, 4) is 5.75 Å². The van der Waals surface area contributed by atoms with Crippen LogP contribution in [0.1, 0.15) is 37.5 Å². The Morgan fingerprint density at radius 1 is 1.44 bits per heavy atom. The molecule has 2 heteroatoms. The van der Waals surface area contributed by atoms with Crippen molar-refractivity contribution < 1.29 is 9.84 Å². The molecule has 2 nitrogen and oxygen atoms in total. The second kappa shape index (κ2) is 5.71. The van der Waals surface area contributed by atoms with Crippen molar-refractivity contribution >= 4 is 0 Å². The number of aryl methyl sites for hydroxylation is 1. The number of aliphatic hydroxyl groups excluding tert-OH is 1. The Kier molecular flexibility index (Phi) is 4.56. The molecule has 0 fully saturated rings. The molecule has 0 aliphatic heterocycles. The molecule has 1 aromatic carbocycles. The number of rotatable bonds is 5. The lowest BCUT2D eigenvalue weighted by molar-refractivity contribution is 0.179. The summed E-state index contributed by atoms with van der Waals surface area (Å²) in [7, 11) is 0. The number of benzene rings is 1. The molecule has 0 amide bonds. The summed E-state index contributed by atoms with van der Waals surface area (Å²) < 4.78 is 5.80. The minimum Gasteiger partial charge on any atom is -0.490 e. The first-order valence-corrected chi connectivity index (χ1v) is 5.60. The first kappa shape index (κ1) is 12.8. The Morgan fingerprint density at radius 2 is 2.12 bits per heavy atom. The molecule has 0 radical (unpaired) electrons. The van der Waals surface area contributed by atoms with E-state index in [4.69, 9.17) is 4.74 Å². The Labute approximate surface area is 97.6 Å². The molecule has 1 N–H and O–H groups in total. The smallest absolute Gasteiger partial charge is 0.125 e. The van der Waals surface area contributed by atoms with Crippen molar-refractivity contribution in [3.05, 3.63) is 42.0 Å². The number of hydrogen-bond donors (Lipinski definition) is 1. The van der Waals surface area contributed by atoms with Crippen LogP contribution in [0, 0.1) is 6.92 Å². The van der Waals surface area contributed by atoms with Crippen molar-refractivity contribution in [2.24, 2.45) is 0 Å². The second-order valence-corrected chi connectivity index (χ2v) is 4.17. The van der Waals surface area contributed by atoms with Crippen LogP contribution in [0.2, 0.25) is 0 Å². The van der Waals surface area contributed by atoms with Gasteiger partial charge in [-0.15, -0.1) is 6.58 Å². The normalized spacial score (nSPS) is 14.2. The Balaban J connectivity index is 2.91. The Bertz CT molecular complexity index is 356. The molecule has 1 unspecified atom stereocenters. The van der Waals surface area contributed by atoms with Crippen molar-refractivity contribution in [2.45, 2.75) is 39.4 Å². The number of aliphatic hydroxyl groups is 1. The molecule has 0 spiro atoms. The fourth-order valence-electron chi connectivity index (χ4n) is 1.59. The summed E-state index contributed by atoms with van der Waals surface area (Å²) in [6, 6.07) is 5.85. The van der Waals surface area contributed by atoms with E-state index in [2.05, 4.69) is 6.58 Å². The zero-order valence-electron chi connectivity index (χ0n) is 10.2. The number of ether oxygens (including phenoxy) is 1. The van der Waals surface area contributed by atoms with E-state index in [1.54, 1.807) is 6.92 Å². The van der Waals surface area contributed by atoms with Gasteiger partial charge in [-0.3, -0.25) is 0 Å². The molecule has 0 aromatic heterocycles. The highest BCUT2D eigenvalue weighted by molar-refractivity contribution is 5.38.